The summed E-state index contributed by atoms with van der Waals surface area (Å²) in [4.78, 5) is 39.1. The van der Waals surface area contributed by atoms with Crippen molar-refractivity contribution in [3.05, 3.63) is 52.8 Å². The van der Waals surface area contributed by atoms with E-state index >= 15 is 0 Å². The molecular formula is C24H24ClFN2O5. The lowest BCUT2D eigenvalue weighted by Crippen LogP contribution is -2.47. The fourth-order valence-corrected chi connectivity index (χ4v) is 4.19. The maximum atomic E-state index is 13.9. The van der Waals surface area contributed by atoms with Crippen molar-refractivity contribution < 1.29 is 28.2 Å². The number of halogens is 2. The topological polar surface area (TPSA) is 84.9 Å². The van der Waals surface area contributed by atoms with Crippen LogP contribution < -0.4 is 19.7 Å². The molecule has 0 aromatic heterocycles. The molecule has 4 rings (SSSR count). The van der Waals surface area contributed by atoms with Crippen LogP contribution in [0, 0.1) is 5.82 Å². The van der Waals surface area contributed by atoms with Gasteiger partial charge in [0, 0.05) is 16.6 Å². The van der Waals surface area contributed by atoms with Crippen molar-refractivity contribution in [3.63, 3.8) is 0 Å². The molecule has 0 bridgehead atoms. The third-order valence-electron chi connectivity index (χ3n) is 5.75. The molecule has 2 aliphatic rings. The first-order valence-corrected chi connectivity index (χ1v) is 11.3. The second-order valence-corrected chi connectivity index (χ2v) is 8.58. The van der Waals surface area contributed by atoms with Gasteiger partial charge in [0.1, 0.15) is 12.3 Å². The van der Waals surface area contributed by atoms with Gasteiger partial charge >= 0.3 is 0 Å². The normalized spacial score (nSPS) is 16.1. The molecular weight excluding hydrogens is 451 g/mol. The van der Waals surface area contributed by atoms with Gasteiger partial charge in [-0.25, -0.2) is 4.39 Å². The number of carbonyl (C=O) groups excluding carboxylic acids is 3. The van der Waals surface area contributed by atoms with Crippen LogP contribution in [0.3, 0.4) is 0 Å². The summed E-state index contributed by atoms with van der Waals surface area (Å²) >= 11 is 5.72. The SMILES string of the molecule is O=C(CN1C(=O)COc2ccc(C(=O)COc3ccc(Cl)cc3F)cc21)NC1CCCCC1. The number of anilines is 1. The third-order valence-corrected chi connectivity index (χ3v) is 5.98. The van der Waals surface area contributed by atoms with E-state index in [4.69, 9.17) is 21.1 Å². The zero-order valence-electron chi connectivity index (χ0n) is 17.9. The zero-order valence-corrected chi connectivity index (χ0v) is 18.7. The fourth-order valence-electron chi connectivity index (χ4n) is 4.03. The number of hydrogen-bond donors (Lipinski definition) is 1. The van der Waals surface area contributed by atoms with Crippen molar-refractivity contribution in [2.24, 2.45) is 0 Å². The average molecular weight is 475 g/mol. The molecule has 1 aliphatic carbocycles. The molecule has 174 valence electrons. The lowest BCUT2D eigenvalue weighted by atomic mass is 9.95. The Balaban J connectivity index is 1.45. The number of benzene rings is 2. The van der Waals surface area contributed by atoms with Gasteiger partial charge in [-0.05, 0) is 49.2 Å². The maximum Gasteiger partial charge on any atom is 0.265 e. The predicted molar refractivity (Wildman–Crippen MR) is 121 cm³/mol. The van der Waals surface area contributed by atoms with Crippen LogP contribution in [0.5, 0.6) is 11.5 Å². The highest BCUT2D eigenvalue weighted by Crippen LogP contribution is 2.33. The number of rotatable bonds is 7. The summed E-state index contributed by atoms with van der Waals surface area (Å²) in [7, 11) is 0. The van der Waals surface area contributed by atoms with Crippen LogP contribution in [-0.4, -0.2) is 43.4 Å². The van der Waals surface area contributed by atoms with Crippen molar-refractivity contribution in [1.82, 2.24) is 5.32 Å². The van der Waals surface area contributed by atoms with Crippen LogP contribution >= 0.6 is 11.6 Å². The molecule has 1 fully saturated rings. The number of Topliss-reactive ketones (excluding diaryl/α,β-unsaturated/α-hetero) is 1. The first-order valence-electron chi connectivity index (χ1n) is 10.9. The van der Waals surface area contributed by atoms with E-state index < -0.39 is 18.2 Å². The van der Waals surface area contributed by atoms with E-state index in [0.29, 0.717) is 11.4 Å². The summed E-state index contributed by atoms with van der Waals surface area (Å²) in [5.41, 5.74) is 0.590. The van der Waals surface area contributed by atoms with Gasteiger partial charge in [0.05, 0.1) is 5.69 Å². The minimum atomic E-state index is -0.671. The molecule has 33 heavy (non-hydrogen) atoms. The number of hydrogen-bond acceptors (Lipinski definition) is 5. The molecule has 0 spiro atoms. The van der Waals surface area contributed by atoms with Gasteiger partial charge in [0.25, 0.3) is 5.91 Å². The average Bonchev–Trinajstić information content (AvgIpc) is 2.80. The number of nitrogens with zero attached hydrogens (tertiary/aromatic N) is 1. The van der Waals surface area contributed by atoms with Crippen molar-refractivity contribution in [2.45, 2.75) is 38.1 Å². The Morgan fingerprint density at radius 1 is 1.15 bits per heavy atom. The Bertz CT molecular complexity index is 1070. The van der Waals surface area contributed by atoms with E-state index in [9.17, 15) is 18.8 Å². The Labute approximate surface area is 195 Å². The van der Waals surface area contributed by atoms with Gasteiger partial charge in [-0.3, -0.25) is 19.3 Å². The van der Waals surface area contributed by atoms with Crippen molar-refractivity contribution >= 4 is 34.9 Å². The first-order chi connectivity index (χ1) is 15.9. The first kappa shape index (κ1) is 23.0. The number of amides is 2. The zero-order chi connectivity index (χ0) is 23.4. The van der Waals surface area contributed by atoms with Gasteiger partial charge in [-0.15, -0.1) is 0 Å². The molecule has 1 aliphatic heterocycles. The summed E-state index contributed by atoms with van der Waals surface area (Å²) in [6.07, 6.45) is 5.21. The monoisotopic (exact) mass is 474 g/mol. The van der Waals surface area contributed by atoms with Gasteiger partial charge in [-0.2, -0.15) is 0 Å². The van der Waals surface area contributed by atoms with Crippen molar-refractivity contribution in [1.29, 1.82) is 0 Å². The minimum Gasteiger partial charge on any atom is -0.482 e. The number of fused-ring (bicyclic) bond motifs is 1. The molecule has 9 heteroatoms. The molecule has 2 amide bonds. The molecule has 2 aromatic rings. The number of nitrogens with one attached hydrogen (secondary N) is 1. The summed E-state index contributed by atoms with van der Waals surface area (Å²) < 4.78 is 24.6. The number of carbonyl (C=O) groups is 3. The Hall–Kier alpha value is -3.13. The van der Waals surface area contributed by atoms with E-state index in [0.717, 1.165) is 31.7 Å². The van der Waals surface area contributed by atoms with E-state index in [1.165, 1.54) is 29.5 Å². The number of ether oxygens (including phenoxy) is 2. The van der Waals surface area contributed by atoms with E-state index in [-0.39, 0.29) is 47.3 Å². The maximum absolute atomic E-state index is 13.9. The van der Waals surface area contributed by atoms with Crippen LogP contribution in [0.15, 0.2) is 36.4 Å². The standard InChI is InChI=1S/C24H24ClFN2O5/c25-16-7-9-21(18(26)11-16)32-13-20(29)15-6-8-22-19(10-15)28(24(31)14-33-22)12-23(30)27-17-4-2-1-3-5-17/h6-11,17H,1-5,12-14H2,(H,27,30). The van der Waals surface area contributed by atoms with E-state index in [2.05, 4.69) is 5.32 Å². The molecule has 7 nitrogen and oxygen atoms in total. The number of ketones is 1. The molecule has 0 atom stereocenters. The molecule has 0 saturated heterocycles. The lowest BCUT2D eigenvalue weighted by Gasteiger charge is -2.30. The highest BCUT2D eigenvalue weighted by molar-refractivity contribution is 6.30. The lowest BCUT2D eigenvalue weighted by molar-refractivity contribution is -0.125. The van der Waals surface area contributed by atoms with Gasteiger partial charge in [-0.1, -0.05) is 30.9 Å². The summed E-state index contributed by atoms with van der Waals surface area (Å²) in [6, 6.07) is 8.63. The second-order valence-electron chi connectivity index (χ2n) is 8.14. The van der Waals surface area contributed by atoms with Crippen molar-refractivity contribution in [2.75, 3.05) is 24.7 Å². The Kier molecular flexibility index (Phi) is 7.13. The van der Waals surface area contributed by atoms with Crippen molar-refractivity contribution in [3.8, 4) is 11.5 Å². The van der Waals surface area contributed by atoms with Crippen LogP contribution in [0.4, 0.5) is 10.1 Å². The van der Waals surface area contributed by atoms with Gasteiger partial charge < -0.3 is 14.8 Å². The Morgan fingerprint density at radius 3 is 2.70 bits per heavy atom. The van der Waals surface area contributed by atoms with Crippen LogP contribution in [0.25, 0.3) is 0 Å². The minimum absolute atomic E-state index is 0.0924. The predicted octanol–water partition coefficient (Wildman–Crippen LogP) is 3.92. The van der Waals surface area contributed by atoms with Crippen LogP contribution in [-0.2, 0) is 9.59 Å². The molecule has 1 N–H and O–H groups in total. The summed E-state index contributed by atoms with van der Waals surface area (Å²) in [5, 5.41) is 3.22. The van der Waals surface area contributed by atoms with E-state index in [1.807, 2.05) is 0 Å². The van der Waals surface area contributed by atoms with Gasteiger partial charge in [0.15, 0.2) is 30.6 Å². The highest BCUT2D eigenvalue weighted by atomic mass is 35.5. The van der Waals surface area contributed by atoms with Crippen LogP contribution in [0.2, 0.25) is 5.02 Å². The van der Waals surface area contributed by atoms with E-state index in [1.54, 1.807) is 12.1 Å². The summed E-state index contributed by atoms with van der Waals surface area (Å²) in [5.74, 6) is -1.40. The quantitative estimate of drug-likeness (QED) is 0.615. The molecule has 0 radical (unpaired) electrons. The smallest absolute Gasteiger partial charge is 0.265 e. The Morgan fingerprint density at radius 2 is 1.94 bits per heavy atom. The third kappa shape index (κ3) is 5.63. The molecule has 0 unspecified atom stereocenters. The molecule has 1 heterocycles. The largest absolute Gasteiger partial charge is 0.482 e. The fraction of sp³-hybridized carbons (Fsp3) is 0.375. The molecule has 1 saturated carbocycles. The molecule has 2 aromatic carbocycles. The highest BCUT2D eigenvalue weighted by Gasteiger charge is 2.29. The van der Waals surface area contributed by atoms with Gasteiger partial charge in [0.2, 0.25) is 5.91 Å². The second kappa shape index (κ2) is 10.2. The van der Waals surface area contributed by atoms with Crippen LogP contribution in [0.1, 0.15) is 42.5 Å². The summed E-state index contributed by atoms with van der Waals surface area (Å²) in [6.45, 7) is -0.750.